The maximum absolute atomic E-state index is 12.9. The normalized spacial score (nSPS) is 20.0. The summed E-state index contributed by atoms with van der Waals surface area (Å²) in [5.41, 5.74) is 6.29. The number of nitrogens with two attached hydrogens (primary N) is 1. The molecular formula is C13H18FN3O. The number of rotatable bonds is 4. The number of hydrogen-bond donors (Lipinski definition) is 2. The van der Waals surface area contributed by atoms with Crippen molar-refractivity contribution in [2.45, 2.75) is 18.9 Å². The molecule has 3 N–H and O–H groups in total. The molecule has 1 aliphatic rings. The van der Waals surface area contributed by atoms with Crippen molar-refractivity contribution in [3.05, 3.63) is 30.1 Å². The molecule has 1 aromatic carbocycles. The van der Waals surface area contributed by atoms with Crippen LogP contribution in [0.2, 0.25) is 0 Å². The van der Waals surface area contributed by atoms with Crippen LogP contribution in [0.5, 0.6) is 0 Å². The van der Waals surface area contributed by atoms with Crippen molar-refractivity contribution < 1.29 is 9.18 Å². The van der Waals surface area contributed by atoms with E-state index in [-0.39, 0.29) is 17.8 Å². The van der Waals surface area contributed by atoms with Crippen LogP contribution in [0, 0.1) is 5.82 Å². The van der Waals surface area contributed by atoms with Crippen molar-refractivity contribution in [2.75, 3.05) is 25.0 Å². The fourth-order valence-electron chi connectivity index (χ4n) is 2.12. The van der Waals surface area contributed by atoms with E-state index in [1.807, 2.05) is 0 Å². The Morgan fingerprint density at radius 2 is 2.39 bits per heavy atom. The molecule has 1 aliphatic heterocycles. The largest absolute Gasteiger partial charge is 0.326 e. The molecule has 0 bridgehead atoms. The number of hydrogen-bond acceptors (Lipinski definition) is 3. The number of carbonyl (C=O) groups is 1. The Morgan fingerprint density at radius 3 is 3.06 bits per heavy atom. The topological polar surface area (TPSA) is 58.4 Å². The minimum atomic E-state index is -0.349. The summed E-state index contributed by atoms with van der Waals surface area (Å²) in [5.74, 6) is -0.445. The fourth-order valence-corrected chi connectivity index (χ4v) is 2.12. The Kier molecular flexibility index (Phi) is 4.28. The Labute approximate surface area is 106 Å². The second-order valence-electron chi connectivity index (χ2n) is 4.66. The number of halogens is 1. The van der Waals surface area contributed by atoms with E-state index >= 15 is 0 Å². The predicted molar refractivity (Wildman–Crippen MR) is 68.7 cm³/mol. The summed E-state index contributed by atoms with van der Waals surface area (Å²) < 4.78 is 12.9. The minimum Gasteiger partial charge on any atom is -0.326 e. The van der Waals surface area contributed by atoms with Gasteiger partial charge >= 0.3 is 0 Å². The summed E-state index contributed by atoms with van der Waals surface area (Å²) in [7, 11) is 0. The van der Waals surface area contributed by atoms with E-state index in [9.17, 15) is 9.18 Å². The summed E-state index contributed by atoms with van der Waals surface area (Å²) in [6, 6.07) is 6.14. The van der Waals surface area contributed by atoms with Gasteiger partial charge < -0.3 is 16.0 Å². The molecule has 0 spiro atoms. The van der Waals surface area contributed by atoms with Gasteiger partial charge in [0, 0.05) is 31.2 Å². The maximum atomic E-state index is 12.9. The average molecular weight is 251 g/mol. The molecule has 1 unspecified atom stereocenters. The first-order chi connectivity index (χ1) is 8.63. The molecule has 1 atom stereocenters. The highest BCUT2D eigenvalue weighted by Crippen LogP contribution is 2.10. The van der Waals surface area contributed by atoms with Gasteiger partial charge in [0.25, 0.3) is 0 Å². The Hall–Kier alpha value is -1.46. The van der Waals surface area contributed by atoms with E-state index in [0.29, 0.717) is 18.7 Å². The minimum absolute atomic E-state index is 0.0962. The predicted octanol–water partition coefficient (Wildman–Crippen LogP) is 1.19. The van der Waals surface area contributed by atoms with Gasteiger partial charge in [0.05, 0.1) is 0 Å². The summed E-state index contributed by atoms with van der Waals surface area (Å²) >= 11 is 0. The van der Waals surface area contributed by atoms with Gasteiger partial charge in [-0.1, -0.05) is 6.07 Å². The lowest BCUT2D eigenvalue weighted by molar-refractivity contribution is -0.116. The van der Waals surface area contributed by atoms with Crippen molar-refractivity contribution in [1.29, 1.82) is 0 Å². The van der Waals surface area contributed by atoms with E-state index in [1.165, 1.54) is 12.1 Å². The van der Waals surface area contributed by atoms with Gasteiger partial charge in [-0.2, -0.15) is 0 Å². The van der Waals surface area contributed by atoms with Gasteiger partial charge in [0.2, 0.25) is 5.91 Å². The van der Waals surface area contributed by atoms with Crippen LogP contribution in [0.25, 0.3) is 0 Å². The molecular weight excluding hydrogens is 233 g/mol. The lowest BCUT2D eigenvalue weighted by Gasteiger charge is -2.14. The number of anilines is 1. The van der Waals surface area contributed by atoms with Crippen LogP contribution < -0.4 is 11.1 Å². The van der Waals surface area contributed by atoms with Crippen molar-refractivity contribution >= 4 is 11.6 Å². The second-order valence-corrected chi connectivity index (χ2v) is 4.66. The molecule has 1 aromatic rings. The highest BCUT2D eigenvalue weighted by Gasteiger charge is 2.19. The number of likely N-dealkylation sites (tertiary alicyclic amines) is 1. The standard InChI is InChI=1S/C13H18FN3O/c14-10-2-1-3-12(8-10)16-13(18)5-7-17-6-4-11(15)9-17/h1-3,8,11H,4-7,9,15H2,(H,16,18). The van der Waals surface area contributed by atoms with E-state index < -0.39 is 0 Å². The molecule has 1 amide bonds. The zero-order valence-corrected chi connectivity index (χ0v) is 10.2. The Morgan fingerprint density at radius 1 is 1.56 bits per heavy atom. The van der Waals surface area contributed by atoms with Crippen LogP contribution in [0.15, 0.2) is 24.3 Å². The van der Waals surface area contributed by atoms with Gasteiger partial charge in [-0.25, -0.2) is 4.39 Å². The smallest absolute Gasteiger partial charge is 0.225 e. The number of amides is 1. The molecule has 1 saturated heterocycles. The number of nitrogens with zero attached hydrogens (tertiary/aromatic N) is 1. The average Bonchev–Trinajstić information content (AvgIpc) is 2.73. The van der Waals surface area contributed by atoms with Crippen LogP contribution in [-0.2, 0) is 4.79 Å². The van der Waals surface area contributed by atoms with E-state index in [2.05, 4.69) is 10.2 Å². The first-order valence-corrected chi connectivity index (χ1v) is 6.17. The second kappa shape index (κ2) is 5.93. The molecule has 5 heteroatoms. The molecule has 0 aliphatic carbocycles. The Balaban J connectivity index is 1.75. The molecule has 0 aromatic heterocycles. The van der Waals surface area contributed by atoms with E-state index in [0.717, 1.165) is 19.5 Å². The zero-order valence-electron chi connectivity index (χ0n) is 10.2. The molecule has 4 nitrogen and oxygen atoms in total. The van der Waals surface area contributed by atoms with Crippen molar-refractivity contribution in [2.24, 2.45) is 5.73 Å². The number of carbonyl (C=O) groups excluding carboxylic acids is 1. The molecule has 2 rings (SSSR count). The summed E-state index contributed by atoms with van der Waals surface area (Å²) in [6.45, 7) is 2.51. The lowest BCUT2D eigenvalue weighted by atomic mass is 10.3. The third-order valence-corrected chi connectivity index (χ3v) is 3.07. The number of benzene rings is 1. The first kappa shape index (κ1) is 13.0. The lowest BCUT2D eigenvalue weighted by Crippen LogP contribution is -2.29. The Bertz CT molecular complexity index is 424. The highest BCUT2D eigenvalue weighted by atomic mass is 19.1. The summed E-state index contributed by atoms with van der Waals surface area (Å²) in [4.78, 5) is 13.8. The monoisotopic (exact) mass is 251 g/mol. The summed E-state index contributed by atoms with van der Waals surface area (Å²) in [6.07, 6.45) is 1.40. The van der Waals surface area contributed by atoms with Crippen molar-refractivity contribution in [3.8, 4) is 0 Å². The van der Waals surface area contributed by atoms with E-state index in [1.54, 1.807) is 12.1 Å². The van der Waals surface area contributed by atoms with Gasteiger partial charge in [0.1, 0.15) is 5.82 Å². The molecule has 18 heavy (non-hydrogen) atoms. The number of nitrogens with one attached hydrogen (secondary N) is 1. The fraction of sp³-hybridized carbons (Fsp3) is 0.462. The van der Waals surface area contributed by atoms with Crippen molar-refractivity contribution in [3.63, 3.8) is 0 Å². The van der Waals surface area contributed by atoms with E-state index in [4.69, 9.17) is 5.73 Å². The van der Waals surface area contributed by atoms with Crippen LogP contribution in [-0.4, -0.2) is 36.5 Å². The molecule has 98 valence electrons. The van der Waals surface area contributed by atoms with Crippen LogP contribution >= 0.6 is 0 Å². The van der Waals surface area contributed by atoms with Gasteiger partial charge in [-0.05, 0) is 31.2 Å². The maximum Gasteiger partial charge on any atom is 0.225 e. The third kappa shape index (κ3) is 3.78. The van der Waals surface area contributed by atoms with Gasteiger partial charge in [-0.15, -0.1) is 0 Å². The molecule has 1 fully saturated rings. The summed E-state index contributed by atoms with van der Waals surface area (Å²) in [5, 5.41) is 2.68. The van der Waals surface area contributed by atoms with Gasteiger partial charge in [-0.3, -0.25) is 4.79 Å². The zero-order chi connectivity index (χ0) is 13.0. The molecule has 0 saturated carbocycles. The first-order valence-electron chi connectivity index (χ1n) is 6.17. The third-order valence-electron chi connectivity index (χ3n) is 3.07. The van der Waals surface area contributed by atoms with Crippen LogP contribution in [0.3, 0.4) is 0 Å². The molecule has 1 heterocycles. The highest BCUT2D eigenvalue weighted by molar-refractivity contribution is 5.90. The van der Waals surface area contributed by atoms with Crippen molar-refractivity contribution in [1.82, 2.24) is 4.90 Å². The van der Waals surface area contributed by atoms with Gasteiger partial charge in [0.15, 0.2) is 0 Å². The SMILES string of the molecule is NC1CCN(CCC(=O)Nc2cccc(F)c2)C1. The molecule has 0 radical (unpaired) electrons. The quantitative estimate of drug-likeness (QED) is 0.845. The van der Waals surface area contributed by atoms with Crippen LogP contribution in [0.1, 0.15) is 12.8 Å². The van der Waals surface area contributed by atoms with Crippen LogP contribution in [0.4, 0.5) is 10.1 Å².